The topological polar surface area (TPSA) is 127 Å². The van der Waals surface area contributed by atoms with Gasteiger partial charge < -0.3 is 15.0 Å². The van der Waals surface area contributed by atoms with E-state index in [4.69, 9.17) is 23.2 Å². The molecule has 0 unspecified atom stereocenters. The Bertz CT molecular complexity index is 1410. The molecule has 0 saturated carbocycles. The molecule has 0 saturated heterocycles. The SMILES string of the molecule is O=C(Nc1c(Cl)cncc1Cl)C(=O)c1cc2cccc(O)c2n1Cc1cccc([N+](=O)[O-])c1. The van der Waals surface area contributed by atoms with Crippen molar-refractivity contribution < 1.29 is 19.6 Å². The number of benzene rings is 2. The zero-order valence-corrected chi connectivity index (χ0v) is 18.2. The standard InChI is InChI=1S/C22H14Cl2N4O5/c23-15-9-25-10-16(24)19(15)26-22(31)21(30)17-8-13-4-2-6-18(29)20(13)27(17)11-12-3-1-5-14(7-12)28(32)33/h1-10,29H,11H2,(H,25,26,31). The molecule has 0 radical (unpaired) electrons. The highest BCUT2D eigenvalue weighted by atomic mass is 35.5. The lowest BCUT2D eigenvalue weighted by Crippen LogP contribution is -2.25. The lowest BCUT2D eigenvalue weighted by Gasteiger charge is -2.12. The molecule has 166 valence electrons. The molecule has 0 spiro atoms. The van der Waals surface area contributed by atoms with Crippen molar-refractivity contribution in [2.24, 2.45) is 0 Å². The quantitative estimate of drug-likeness (QED) is 0.174. The molecule has 4 aromatic rings. The van der Waals surface area contributed by atoms with Crippen LogP contribution in [-0.2, 0) is 11.3 Å². The molecule has 11 heteroatoms. The Kier molecular flexibility index (Phi) is 5.99. The molecule has 2 N–H and O–H groups in total. The van der Waals surface area contributed by atoms with E-state index in [9.17, 15) is 24.8 Å². The zero-order valence-electron chi connectivity index (χ0n) is 16.7. The van der Waals surface area contributed by atoms with Gasteiger partial charge in [-0.3, -0.25) is 24.7 Å². The molecular weight excluding hydrogens is 471 g/mol. The van der Waals surface area contributed by atoms with Crippen LogP contribution in [0, 0.1) is 10.1 Å². The molecule has 33 heavy (non-hydrogen) atoms. The number of nitro benzene ring substituents is 1. The van der Waals surface area contributed by atoms with Gasteiger partial charge >= 0.3 is 0 Å². The number of nitrogens with one attached hydrogen (secondary N) is 1. The molecule has 2 heterocycles. The Hall–Kier alpha value is -3.95. The van der Waals surface area contributed by atoms with Crippen LogP contribution in [0.2, 0.25) is 10.0 Å². The first-order chi connectivity index (χ1) is 15.8. The van der Waals surface area contributed by atoms with Crippen LogP contribution in [0.15, 0.2) is 60.9 Å². The Morgan fingerprint density at radius 3 is 2.48 bits per heavy atom. The van der Waals surface area contributed by atoms with Crippen LogP contribution >= 0.6 is 23.2 Å². The van der Waals surface area contributed by atoms with Gasteiger partial charge in [0.25, 0.3) is 17.4 Å². The largest absolute Gasteiger partial charge is 0.506 e. The Balaban J connectivity index is 1.77. The van der Waals surface area contributed by atoms with E-state index in [0.717, 1.165) is 0 Å². The lowest BCUT2D eigenvalue weighted by molar-refractivity contribution is -0.384. The number of para-hydroxylation sites is 1. The maximum atomic E-state index is 13.1. The van der Waals surface area contributed by atoms with Crippen molar-refractivity contribution in [3.63, 3.8) is 0 Å². The molecule has 4 rings (SSSR count). The van der Waals surface area contributed by atoms with Crippen LogP contribution in [0.1, 0.15) is 16.1 Å². The first kappa shape index (κ1) is 22.3. The van der Waals surface area contributed by atoms with E-state index < -0.39 is 16.6 Å². The third-order valence-electron chi connectivity index (χ3n) is 4.89. The van der Waals surface area contributed by atoms with Crippen LogP contribution in [-0.4, -0.2) is 31.3 Å². The highest BCUT2D eigenvalue weighted by Crippen LogP contribution is 2.31. The predicted octanol–water partition coefficient (Wildman–Crippen LogP) is 4.83. The van der Waals surface area contributed by atoms with Gasteiger partial charge in [-0.15, -0.1) is 0 Å². The zero-order chi connectivity index (χ0) is 23.7. The van der Waals surface area contributed by atoms with Crippen molar-refractivity contribution >= 4 is 57.2 Å². The maximum absolute atomic E-state index is 13.1. The van der Waals surface area contributed by atoms with Crippen molar-refractivity contribution in [3.05, 3.63) is 92.3 Å². The number of aromatic hydroxyl groups is 1. The first-order valence-corrected chi connectivity index (χ1v) is 10.2. The minimum Gasteiger partial charge on any atom is -0.506 e. The fraction of sp³-hybridized carbons (Fsp3) is 0.0455. The number of carbonyl (C=O) groups is 2. The van der Waals surface area contributed by atoms with Crippen LogP contribution in [0.4, 0.5) is 11.4 Å². The smallest absolute Gasteiger partial charge is 0.298 e. The summed E-state index contributed by atoms with van der Waals surface area (Å²) in [5.41, 5.74) is 0.688. The minimum atomic E-state index is -1.01. The average Bonchev–Trinajstić information content (AvgIpc) is 3.15. The van der Waals surface area contributed by atoms with Gasteiger partial charge in [-0.05, 0) is 17.7 Å². The first-order valence-electron chi connectivity index (χ1n) is 9.45. The summed E-state index contributed by atoms with van der Waals surface area (Å²) in [4.78, 5) is 40.3. The number of nitro groups is 1. The Morgan fingerprint density at radius 1 is 1.09 bits per heavy atom. The number of hydrogen-bond acceptors (Lipinski definition) is 6. The number of pyridine rings is 1. The molecule has 0 fully saturated rings. The number of anilines is 1. The summed E-state index contributed by atoms with van der Waals surface area (Å²) in [6.07, 6.45) is 2.54. The number of hydrogen-bond donors (Lipinski definition) is 2. The number of ketones is 1. The number of non-ortho nitro benzene ring substituents is 1. The molecule has 9 nitrogen and oxygen atoms in total. The summed E-state index contributed by atoms with van der Waals surface area (Å²) in [7, 11) is 0. The summed E-state index contributed by atoms with van der Waals surface area (Å²) in [6, 6.07) is 12.0. The third kappa shape index (κ3) is 4.36. The summed E-state index contributed by atoms with van der Waals surface area (Å²) >= 11 is 12.0. The number of fused-ring (bicyclic) bond motifs is 1. The molecular formula is C22H14Cl2N4O5. The number of nitrogens with zero attached hydrogens (tertiary/aromatic N) is 3. The molecule has 0 bridgehead atoms. The van der Waals surface area contributed by atoms with Crippen LogP contribution in [0.3, 0.4) is 0 Å². The van der Waals surface area contributed by atoms with E-state index in [0.29, 0.717) is 16.5 Å². The molecule has 1 amide bonds. The molecule has 0 atom stereocenters. The van der Waals surface area contributed by atoms with Gasteiger partial charge in [0.15, 0.2) is 0 Å². The molecule has 0 aliphatic rings. The van der Waals surface area contributed by atoms with E-state index in [2.05, 4.69) is 10.3 Å². The highest BCUT2D eigenvalue weighted by Gasteiger charge is 2.25. The van der Waals surface area contributed by atoms with Crippen LogP contribution < -0.4 is 5.32 Å². The summed E-state index contributed by atoms with van der Waals surface area (Å²) in [5, 5.41) is 24.6. The Labute approximate surface area is 196 Å². The van der Waals surface area contributed by atoms with Crippen molar-refractivity contribution in [1.82, 2.24) is 9.55 Å². The molecule has 2 aromatic carbocycles. The maximum Gasteiger partial charge on any atom is 0.298 e. The lowest BCUT2D eigenvalue weighted by atomic mass is 10.2. The second kappa shape index (κ2) is 8.89. The number of rotatable bonds is 6. The molecule has 0 aliphatic carbocycles. The van der Waals surface area contributed by atoms with E-state index in [1.54, 1.807) is 18.2 Å². The van der Waals surface area contributed by atoms with Crippen molar-refractivity contribution in [2.45, 2.75) is 6.54 Å². The second-order valence-corrected chi connectivity index (χ2v) is 7.83. The average molecular weight is 485 g/mol. The van der Waals surface area contributed by atoms with Gasteiger partial charge in [-0.25, -0.2) is 0 Å². The number of aromatic nitrogens is 2. The van der Waals surface area contributed by atoms with Gasteiger partial charge in [0.2, 0.25) is 0 Å². The highest BCUT2D eigenvalue weighted by molar-refractivity contribution is 6.48. The third-order valence-corrected chi connectivity index (χ3v) is 5.46. The monoisotopic (exact) mass is 484 g/mol. The Morgan fingerprint density at radius 2 is 1.79 bits per heavy atom. The second-order valence-electron chi connectivity index (χ2n) is 7.02. The summed E-state index contributed by atoms with van der Waals surface area (Å²) in [6.45, 7) is -0.00608. The number of phenols is 1. The van der Waals surface area contributed by atoms with E-state index in [1.165, 1.54) is 47.3 Å². The minimum absolute atomic E-state index is 0.00608. The molecule has 0 aliphatic heterocycles. The fourth-order valence-corrected chi connectivity index (χ4v) is 3.88. The van der Waals surface area contributed by atoms with E-state index in [1.807, 2.05) is 0 Å². The van der Waals surface area contributed by atoms with E-state index >= 15 is 0 Å². The van der Waals surface area contributed by atoms with Crippen LogP contribution in [0.5, 0.6) is 5.75 Å². The predicted molar refractivity (Wildman–Crippen MR) is 123 cm³/mol. The summed E-state index contributed by atoms with van der Waals surface area (Å²) < 4.78 is 1.43. The normalized spacial score (nSPS) is 10.8. The van der Waals surface area contributed by atoms with Crippen molar-refractivity contribution in [3.8, 4) is 5.75 Å². The van der Waals surface area contributed by atoms with Crippen molar-refractivity contribution in [2.75, 3.05) is 5.32 Å². The van der Waals surface area contributed by atoms with Gasteiger partial charge in [0.1, 0.15) is 5.75 Å². The number of halogens is 2. The fourth-order valence-electron chi connectivity index (χ4n) is 3.43. The number of carbonyl (C=O) groups excluding carboxylic acids is 2. The van der Waals surface area contributed by atoms with Gasteiger partial charge in [0, 0.05) is 36.5 Å². The van der Waals surface area contributed by atoms with Crippen molar-refractivity contribution in [1.29, 1.82) is 0 Å². The van der Waals surface area contributed by atoms with E-state index in [-0.39, 0.29) is 39.4 Å². The number of Topliss-reactive ketones (excluding diaryl/α,β-unsaturated/α-hetero) is 1. The number of amides is 1. The number of phenolic OH excluding ortho intramolecular Hbond substituents is 1. The van der Waals surface area contributed by atoms with Gasteiger partial charge in [-0.2, -0.15) is 0 Å². The van der Waals surface area contributed by atoms with Gasteiger partial charge in [-0.1, -0.05) is 47.5 Å². The van der Waals surface area contributed by atoms with Crippen LogP contribution in [0.25, 0.3) is 10.9 Å². The summed E-state index contributed by atoms with van der Waals surface area (Å²) in [5.74, 6) is -2.04. The molecule has 2 aromatic heterocycles. The van der Waals surface area contributed by atoms with Gasteiger partial charge in [0.05, 0.1) is 31.9 Å².